The molecular formula is C22H24N3O2Pt-. The van der Waals surface area contributed by atoms with Gasteiger partial charge in [-0.1, -0.05) is 30.6 Å². The van der Waals surface area contributed by atoms with E-state index in [0.29, 0.717) is 0 Å². The Morgan fingerprint density at radius 3 is 2.29 bits per heavy atom. The first-order valence-corrected chi connectivity index (χ1v) is 8.62. The first-order chi connectivity index (χ1) is 12.8. The van der Waals surface area contributed by atoms with E-state index in [2.05, 4.69) is 58.8 Å². The number of aromatic nitrogens is 3. The number of pyridine rings is 1. The number of aliphatic hydroxyl groups excluding tert-OH is 1. The molecule has 0 fully saturated rings. The fraction of sp³-hybridized carbons (Fsp3) is 0.227. The number of aliphatic hydroxyl groups is 1. The molecule has 3 rings (SSSR count). The molecule has 1 N–H and O–H groups in total. The van der Waals surface area contributed by atoms with Crippen molar-refractivity contribution in [3.05, 3.63) is 77.7 Å². The SMILES string of the molecule is CC(=O)/C=C(/C)O.Cc1cccc(C)c1-n1cc(-c2[c-]ccnc2)nc1C.[Pt]. The number of benzene rings is 1. The van der Waals surface area contributed by atoms with E-state index < -0.39 is 0 Å². The Hall–Kier alpha value is -2.52. The number of ketones is 1. The Morgan fingerprint density at radius 2 is 1.82 bits per heavy atom. The predicted molar refractivity (Wildman–Crippen MR) is 107 cm³/mol. The molecule has 2 heterocycles. The van der Waals surface area contributed by atoms with Gasteiger partial charge in [0.25, 0.3) is 0 Å². The average Bonchev–Trinajstić information content (AvgIpc) is 2.97. The van der Waals surface area contributed by atoms with Crippen LogP contribution in [0.2, 0.25) is 0 Å². The quantitative estimate of drug-likeness (QED) is 0.288. The summed E-state index contributed by atoms with van der Waals surface area (Å²) in [6, 6.07) is 11.3. The van der Waals surface area contributed by atoms with Crippen LogP contribution in [0.3, 0.4) is 0 Å². The summed E-state index contributed by atoms with van der Waals surface area (Å²) in [6.45, 7) is 9.11. The van der Waals surface area contributed by atoms with Gasteiger partial charge in [-0.05, 0) is 51.9 Å². The van der Waals surface area contributed by atoms with Gasteiger partial charge in [-0.3, -0.25) is 9.78 Å². The van der Waals surface area contributed by atoms with Gasteiger partial charge >= 0.3 is 0 Å². The molecule has 0 bridgehead atoms. The summed E-state index contributed by atoms with van der Waals surface area (Å²) in [5, 5.41) is 8.36. The van der Waals surface area contributed by atoms with E-state index in [4.69, 9.17) is 5.11 Å². The van der Waals surface area contributed by atoms with Gasteiger partial charge in [0.1, 0.15) is 0 Å². The first-order valence-electron chi connectivity index (χ1n) is 8.62. The van der Waals surface area contributed by atoms with E-state index in [0.717, 1.165) is 17.1 Å². The van der Waals surface area contributed by atoms with Gasteiger partial charge < -0.3 is 14.7 Å². The van der Waals surface area contributed by atoms with E-state index in [-0.39, 0.29) is 32.6 Å². The normalized spacial score (nSPS) is 10.5. The number of carbonyl (C=O) groups is 1. The second kappa shape index (κ2) is 10.7. The molecular weight excluding hydrogens is 533 g/mol. The molecule has 0 spiro atoms. The van der Waals surface area contributed by atoms with Crippen molar-refractivity contribution in [2.24, 2.45) is 0 Å². The minimum absolute atomic E-state index is 0. The molecule has 0 radical (unpaired) electrons. The fourth-order valence-corrected chi connectivity index (χ4v) is 2.77. The second-order valence-corrected chi connectivity index (χ2v) is 6.33. The zero-order valence-electron chi connectivity index (χ0n) is 16.6. The van der Waals surface area contributed by atoms with Crippen molar-refractivity contribution < 1.29 is 31.0 Å². The number of rotatable bonds is 3. The largest absolute Gasteiger partial charge is 0.512 e. The van der Waals surface area contributed by atoms with Crippen molar-refractivity contribution in [1.82, 2.24) is 14.5 Å². The van der Waals surface area contributed by atoms with Crippen molar-refractivity contribution in [2.75, 3.05) is 0 Å². The standard InChI is InChI=1S/C17H16N3.C5H8O2.Pt/c1-12-6-4-7-13(2)17(12)20-11-16(19-14(20)3)15-8-5-9-18-10-15;1-4(6)3-5(2)7;/h4-7,9-11H,1-3H3;3,6H,1-2H3;/q-1;;/b;4-3-;. The molecule has 0 saturated carbocycles. The Balaban J connectivity index is 0.000000425. The molecule has 0 aliphatic heterocycles. The summed E-state index contributed by atoms with van der Waals surface area (Å²) in [4.78, 5) is 18.8. The van der Waals surface area contributed by atoms with Gasteiger partial charge in [0.15, 0.2) is 5.78 Å². The van der Waals surface area contributed by atoms with Crippen molar-refractivity contribution in [3.63, 3.8) is 0 Å². The zero-order valence-corrected chi connectivity index (χ0v) is 18.9. The second-order valence-electron chi connectivity index (χ2n) is 6.33. The predicted octanol–water partition coefficient (Wildman–Crippen LogP) is 4.69. The molecule has 0 aliphatic rings. The van der Waals surface area contributed by atoms with Crippen LogP contribution in [0.4, 0.5) is 0 Å². The van der Waals surface area contributed by atoms with Crippen LogP contribution in [0.15, 0.2) is 54.7 Å². The molecule has 6 heteroatoms. The van der Waals surface area contributed by atoms with Gasteiger partial charge in [-0.2, -0.15) is 0 Å². The van der Waals surface area contributed by atoms with Gasteiger partial charge in [-0.15, -0.1) is 17.7 Å². The van der Waals surface area contributed by atoms with E-state index in [1.807, 2.05) is 13.0 Å². The van der Waals surface area contributed by atoms with Crippen LogP contribution in [0.5, 0.6) is 0 Å². The van der Waals surface area contributed by atoms with Crippen LogP contribution in [0, 0.1) is 26.8 Å². The third-order valence-electron chi connectivity index (χ3n) is 3.85. The topological polar surface area (TPSA) is 68.0 Å². The number of para-hydroxylation sites is 1. The number of hydrogen-bond acceptors (Lipinski definition) is 4. The van der Waals surface area contributed by atoms with Gasteiger partial charge in [0, 0.05) is 32.8 Å². The minimum atomic E-state index is -0.125. The minimum Gasteiger partial charge on any atom is -0.512 e. The molecule has 0 amide bonds. The van der Waals surface area contributed by atoms with Gasteiger partial charge in [-0.25, -0.2) is 0 Å². The number of carbonyl (C=O) groups excluding carboxylic acids is 1. The molecule has 28 heavy (non-hydrogen) atoms. The van der Waals surface area contributed by atoms with E-state index >= 15 is 0 Å². The third-order valence-corrected chi connectivity index (χ3v) is 3.85. The fourth-order valence-electron chi connectivity index (χ4n) is 2.77. The molecule has 0 aliphatic carbocycles. The molecule has 2 aromatic heterocycles. The van der Waals surface area contributed by atoms with Crippen LogP contribution in [0.25, 0.3) is 16.9 Å². The molecule has 5 nitrogen and oxygen atoms in total. The monoisotopic (exact) mass is 557 g/mol. The summed E-state index contributed by atoms with van der Waals surface area (Å²) in [7, 11) is 0. The summed E-state index contributed by atoms with van der Waals surface area (Å²) in [5.41, 5.74) is 5.51. The number of nitrogens with zero attached hydrogens (tertiary/aromatic N) is 3. The maximum Gasteiger partial charge on any atom is 0.155 e. The van der Waals surface area contributed by atoms with Gasteiger partial charge in [0.05, 0.1) is 17.3 Å². The number of allylic oxidation sites excluding steroid dienone is 2. The summed E-state index contributed by atoms with van der Waals surface area (Å²) in [6.07, 6.45) is 6.73. The van der Waals surface area contributed by atoms with Crippen LogP contribution < -0.4 is 0 Å². The maximum absolute atomic E-state index is 10.0. The Labute approximate surface area is 180 Å². The van der Waals surface area contributed by atoms with Gasteiger partial charge in [0.2, 0.25) is 0 Å². The summed E-state index contributed by atoms with van der Waals surface area (Å²) < 4.78 is 2.14. The zero-order chi connectivity index (χ0) is 20.0. The van der Waals surface area contributed by atoms with Crippen molar-refractivity contribution in [3.8, 4) is 16.9 Å². The average molecular weight is 558 g/mol. The molecule has 1 aromatic carbocycles. The van der Waals surface area contributed by atoms with E-state index in [9.17, 15) is 4.79 Å². The number of imidazole rings is 1. The van der Waals surface area contributed by atoms with Crippen LogP contribution in [-0.2, 0) is 25.9 Å². The Bertz CT molecular complexity index is 939. The molecule has 150 valence electrons. The molecule has 0 atom stereocenters. The Kier molecular flexibility index (Phi) is 9.00. The van der Waals surface area contributed by atoms with E-state index in [1.165, 1.54) is 36.7 Å². The number of hydrogen-bond donors (Lipinski definition) is 1. The third kappa shape index (κ3) is 6.28. The first kappa shape index (κ1) is 23.5. The van der Waals surface area contributed by atoms with Crippen LogP contribution >= 0.6 is 0 Å². The summed E-state index contributed by atoms with van der Waals surface area (Å²) >= 11 is 0. The van der Waals surface area contributed by atoms with Crippen LogP contribution in [0.1, 0.15) is 30.8 Å². The molecule has 0 unspecified atom stereocenters. The van der Waals surface area contributed by atoms with E-state index in [1.54, 1.807) is 12.4 Å². The number of aryl methyl sites for hydroxylation is 3. The maximum atomic E-state index is 10.0. The Morgan fingerprint density at radius 1 is 1.18 bits per heavy atom. The van der Waals surface area contributed by atoms with Crippen molar-refractivity contribution in [1.29, 1.82) is 0 Å². The van der Waals surface area contributed by atoms with Crippen molar-refractivity contribution in [2.45, 2.75) is 34.6 Å². The molecule has 0 saturated heterocycles. The van der Waals surface area contributed by atoms with Crippen molar-refractivity contribution >= 4 is 5.78 Å². The van der Waals surface area contributed by atoms with Crippen LogP contribution in [-0.4, -0.2) is 25.4 Å². The summed E-state index contributed by atoms with van der Waals surface area (Å²) in [5.74, 6) is 0.905. The molecule has 3 aromatic rings. The smallest absolute Gasteiger partial charge is 0.155 e.